The smallest absolute Gasteiger partial charge is 0.225 e. The number of anilines is 1. The lowest BCUT2D eigenvalue weighted by Crippen LogP contribution is -2.30. The molecule has 3 N–H and O–H groups in total. The molecule has 0 aliphatic heterocycles. The number of thiophene rings is 1. The van der Waals surface area contributed by atoms with Crippen molar-refractivity contribution in [1.29, 1.82) is 0 Å². The van der Waals surface area contributed by atoms with E-state index < -0.39 is 0 Å². The van der Waals surface area contributed by atoms with E-state index in [4.69, 9.17) is 17.3 Å². The molecule has 4 nitrogen and oxygen atoms in total. The van der Waals surface area contributed by atoms with Gasteiger partial charge >= 0.3 is 0 Å². The quantitative estimate of drug-likeness (QED) is 0.499. The third kappa shape index (κ3) is 3.60. The summed E-state index contributed by atoms with van der Waals surface area (Å²) in [5.74, 6) is 1.16. The normalized spacial score (nSPS) is 20.4. The van der Waals surface area contributed by atoms with Crippen LogP contribution < -0.4 is 11.1 Å². The lowest BCUT2D eigenvalue weighted by atomic mass is 9.84. The lowest BCUT2D eigenvalue weighted by Gasteiger charge is -2.27. The van der Waals surface area contributed by atoms with Crippen LogP contribution in [0, 0.1) is 0 Å². The average Bonchev–Trinajstić information content (AvgIpc) is 2.98. The van der Waals surface area contributed by atoms with Gasteiger partial charge in [-0.2, -0.15) is 4.98 Å². The molecule has 0 spiro atoms. The van der Waals surface area contributed by atoms with E-state index in [0.29, 0.717) is 12.5 Å². The Balaban J connectivity index is 1.70. The van der Waals surface area contributed by atoms with Crippen molar-refractivity contribution in [3.05, 3.63) is 50.5 Å². The molecule has 0 amide bonds. The predicted octanol–water partition coefficient (Wildman–Crippen LogP) is 5.70. The second-order valence-corrected chi connectivity index (χ2v) is 8.88. The van der Waals surface area contributed by atoms with Gasteiger partial charge < -0.3 is 11.1 Å². The zero-order valence-electron chi connectivity index (χ0n) is 14.2. The van der Waals surface area contributed by atoms with Crippen molar-refractivity contribution in [1.82, 2.24) is 9.97 Å². The Bertz CT molecular complexity index is 915. The van der Waals surface area contributed by atoms with Crippen LogP contribution in [-0.4, -0.2) is 16.0 Å². The van der Waals surface area contributed by atoms with Crippen LogP contribution in [0.2, 0.25) is 5.28 Å². The maximum Gasteiger partial charge on any atom is 0.225 e. The van der Waals surface area contributed by atoms with Gasteiger partial charge in [0.15, 0.2) is 0 Å². The molecular weight excluding hydrogens is 432 g/mol. The highest BCUT2D eigenvalue weighted by Crippen LogP contribution is 2.45. The number of aromatic nitrogens is 2. The minimum Gasteiger partial charge on any atom is -0.365 e. The van der Waals surface area contributed by atoms with Crippen molar-refractivity contribution in [3.8, 4) is 0 Å². The number of nitrogens with two attached hydrogens (primary N) is 1. The Morgan fingerprint density at radius 1 is 1.19 bits per heavy atom. The van der Waals surface area contributed by atoms with E-state index in [1.165, 1.54) is 23.3 Å². The Morgan fingerprint density at radius 3 is 2.73 bits per heavy atom. The first-order valence-electron chi connectivity index (χ1n) is 8.82. The van der Waals surface area contributed by atoms with Crippen LogP contribution >= 0.6 is 38.9 Å². The number of benzene rings is 1. The summed E-state index contributed by atoms with van der Waals surface area (Å²) in [5, 5.41) is 3.68. The lowest BCUT2D eigenvalue weighted by molar-refractivity contribution is 0.389. The molecular formula is C19H20BrClN4S. The van der Waals surface area contributed by atoms with E-state index in [2.05, 4.69) is 43.3 Å². The number of hydrogen-bond acceptors (Lipinski definition) is 5. The minimum atomic E-state index is 0.206. The van der Waals surface area contributed by atoms with Crippen molar-refractivity contribution < 1.29 is 0 Å². The number of halogens is 2. The highest BCUT2D eigenvalue weighted by atomic mass is 79.9. The Kier molecular flexibility index (Phi) is 5.45. The molecule has 2 atom stereocenters. The fraction of sp³-hybridized carbons (Fsp3) is 0.368. The third-order valence-electron chi connectivity index (χ3n) is 4.93. The first-order valence-corrected chi connectivity index (χ1v) is 10.8. The molecule has 2 aromatic heterocycles. The molecule has 7 heteroatoms. The molecule has 0 radical (unpaired) electrons. The maximum atomic E-state index is 6.41. The molecule has 4 rings (SSSR count). The highest BCUT2D eigenvalue weighted by Gasteiger charge is 2.29. The van der Waals surface area contributed by atoms with Crippen LogP contribution in [0.3, 0.4) is 0 Å². The first kappa shape index (κ1) is 18.2. The van der Waals surface area contributed by atoms with Crippen molar-refractivity contribution >= 4 is 54.9 Å². The maximum absolute atomic E-state index is 6.41. The van der Waals surface area contributed by atoms with E-state index in [1.54, 1.807) is 11.3 Å². The number of fused-ring (bicyclic) bond motifs is 1. The van der Waals surface area contributed by atoms with Gasteiger partial charge in [-0.15, -0.1) is 11.3 Å². The second kappa shape index (κ2) is 7.80. The Morgan fingerprint density at radius 2 is 1.96 bits per heavy atom. The van der Waals surface area contributed by atoms with Gasteiger partial charge in [-0.3, -0.25) is 0 Å². The van der Waals surface area contributed by atoms with Crippen molar-refractivity contribution in [2.45, 2.75) is 44.2 Å². The summed E-state index contributed by atoms with van der Waals surface area (Å²) >= 11 is 11.7. The molecule has 1 aliphatic rings. The summed E-state index contributed by atoms with van der Waals surface area (Å²) in [7, 11) is 0. The van der Waals surface area contributed by atoms with E-state index in [0.717, 1.165) is 33.3 Å². The molecule has 1 aromatic carbocycles. The summed E-state index contributed by atoms with van der Waals surface area (Å²) in [6, 6.07) is 10.5. The Labute approximate surface area is 170 Å². The van der Waals surface area contributed by atoms with Gasteiger partial charge in [0.2, 0.25) is 5.28 Å². The molecule has 1 aliphatic carbocycles. The summed E-state index contributed by atoms with van der Waals surface area (Å²) in [6.45, 7) is 0.692. The zero-order valence-corrected chi connectivity index (χ0v) is 17.4. The zero-order chi connectivity index (χ0) is 18.1. The predicted molar refractivity (Wildman–Crippen MR) is 113 cm³/mol. The SMILES string of the molecule is N[C@@H]1CCCC[C@H]1c1sc2c(NCc3ccccc3)nc(Cl)nc2c1Br. The van der Waals surface area contributed by atoms with Crippen LogP contribution in [0.25, 0.3) is 10.2 Å². The first-order chi connectivity index (χ1) is 12.6. The number of nitrogens with zero attached hydrogens (tertiary/aromatic N) is 2. The molecule has 1 fully saturated rings. The van der Waals surface area contributed by atoms with Crippen LogP contribution in [0.4, 0.5) is 5.82 Å². The fourth-order valence-corrected chi connectivity index (χ4v) is 6.00. The van der Waals surface area contributed by atoms with Crippen LogP contribution in [0.1, 0.15) is 42.0 Å². The van der Waals surface area contributed by atoms with Crippen LogP contribution in [0.15, 0.2) is 34.8 Å². The van der Waals surface area contributed by atoms with Gasteiger partial charge in [0.05, 0.1) is 9.17 Å². The van der Waals surface area contributed by atoms with Gasteiger partial charge in [-0.25, -0.2) is 4.98 Å². The van der Waals surface area contributed by atoms with Gasteiger partial charge in [0, 0.05) is 23.4 Å². The Hall–Kier alpha value is -1.21. The van der Waals surface area contributed by atoms with Crippen LogP contribution in [0.5, 0.6) is 0 Å². The van der Waals surface area contributed by atoms with Gasteiger partial charge in [-0.05, 0) is 45.9 Å². The number of rotatable bonds is 4. The fourth-order valence-electron chi connectivity index (χ4n) is 3.57. The van der Waals surface area contributed by atoms with Crippen molar-refractivity contribution in [2.24, 2.45) is 5.73 Å². The molecule has 0 unspecified atom stereocenters. The minimum absolute atomic E-state index is 0.206. The van der Waals surface area contributed by atoms with Gasteiger partial charge in [0.1, 0.15) is 11.3 Å². The molecule has 0 saturated heterocycles. The van der Waals surface area contributed by atoms with Crippen LogP contribution in [-0.2, 0) is 6.54 Å². The number of nitrogens with one attached hydrogen (secondary N) is 1. The summed E-state index contributed by atoms with van der Waals surface area (Å²) in [6.07, 6.45) is 4.65. The van der Waals surface area contributed by atoms with E-state index in [-0.39, 0.29) is 11.3 Å². The number of hydrogen-bond donors (Lipinski definition) is 2. The van der Waals surface area contributed by atoms with E-state index >= 15 is 0 Å². The van der Waals surface area contributed by atoms with Gasteiger partial charge in [0.25, 0.3) is 0 Å². The second-order valence-electron chi connectivity index (χ2n) is 6.69. The van der Waals surface area contributed by atoms with Gasteiger partial charge in [-0.1, -0.05) is 43.2 Å². The molecule has 0 bridgehead atoms. The molecule has 1 saturated carbocycles. The topological polar surface area (TPSA) is 63.8 Å². The van der Waals surface area contributed by atoms with Crippen molar-refractivity contribution in [2.75, 3.05) is 5.32 Å². The molecule has 26 heavy (non-hydrogen) atoms. The third-order valence-corrected chi connectivity index (χ3v) is 7.49. The standard InChI is InChI=1S/C19H20BrClN4S/c20-14-15-17(26-16(14)12-8-4-5-9-13(12)22)18(25-19(21)24-15)23-10-11-6-2-1-3-7-11/h1-3,6-7,12-13H,4-5,8-10,22H2,(H,23,24,25)/t12-,13-/m1/s1. The van der Waals surface area contributed by atoms with E-state index in [1.807, 2.05) is 18.2 Å². The largest absolute Gasteiger partial charge is 0.365 e. The summed E-state index contributed by atoms with van der Waals surface area (Å²) in [5.41, 5.74) is 8.48. The summed E-state index contributed by atoms with van der Waals surface area (Å²) in [4.78, 5) is 10.2. The van der Waals surface area contributed by atoms with Crippen molar-refractivity contribution in [3.63, 3.8) is 0 Å². The molecule has 136 valence electrons. The average molecular weight is 452 g/mol. The van der Waals surface area contributed by atoms with E-state index in [9.17, 15) is 0 Å². The molecule has 2 heterocycles. The monoisotopic (exact) mass is 450 g/mol. The molecule has 3 aromatic rings. The summed E-state index contributed by atoms with van der Waals surface area (Å²) < 4.78 is 2.05. The highest BCUT2D eigenvalue weighted by molar-refractivity contribution is 9.10.